The van der Waals surface area contributed by atoms with Gasteiger partial charge in [-0.05, 0) is 67.7 Å². The number of nitrogens with zero attached hydrogens (tertiary/aromatic N) is 1. The molecule has 0 heterocycles. The molecule has 0 aromatic heterocycles. The molecule has 1 aromatic rings. The molecule has 1 fully saturated rings. The van der Waals surface area contributed by atoms with Crippen molar-refractivity contribution in [1.82, 2.24) is 0 Å². The highest BCUT2D eigenvalue weighted by Crippen LogP contribution is 2.37. The maximum Gasteiger partial charge on any atom is 0.266 e. The van der Waals surface area contributed by atoms with Gasteiger partial charge in [-0.15, -0.1) is 0 Å². The Morgan fingerprint density at radius 2 is 1.79 bits per heavy atom. The van der Waals surface area contributed by atoms with Gasteiger partial charge >= 0.3 is 0 Å². The lowest BCUT2D eigenvalue weighted by Crippen LogP contribution is -2.12. The summed E-state index contributed by atoms with van der Waals surface area (Å²) >= 11 is 0. The Kier molecular flexibility index (Phi) is 4.68. The summed E-state index contributed by atoms with van der Waals surface area (Å²) in [4.78, 5) is 0. The van der Waals surface area contributed by atoms with Gasteiger partial charge in [0, 0.05) is 0 Å². The van der Waals surface area contributed by atoms with Crippen molar-refractivity contribution in [1.29, 1.82) is 5.26 Å². The summed E-state index contributed by atoms with van der Waals surface area (Å²) in [5.41, 5.74) is 1.95. The van der Waals surface area contributed by atoms with E-state index in [1.54, 1.807) is 0 Å². The van der Waals surface area contributed by atoms with Crippen molar-refractivity contribution in [3.63, 3.8) is 0 Å². The van der Waals surface area contributed by atoms with Crippen LogP contribution in [0.25, 0.3) is 0 Å². The molecule has 1 nitrogen and oxygen atoms in total. The van der Waals surface area contributed by atoms with Crippen LogP contribution in [0.1, 0.15) is 49.1 Å². The molecular formula is C16H17F2N. The predicted molar refractivity (Wildman–Crippen MR) is 70.8 cm³/mol. The first-order chi connectivity index (χ1) is 9.19. The standard InChI is InChI=1S/C16H17F2N/c17-16(18)10-5-12-1-6-14(7-2-12)15-8-3-13(11-19)4-9-15/h3-4,8-10,12,14H,1-2,5-7H2. The van der Waals surface area contributed by atoms with Crippen molar-refractivity contribution < 1.29 is 8.78 Å². The van der Waals surface area contributed by atoms with Crippen molar-refractivity contribution in [3.8, 4) is 6.07 Å². The van der Waals surface area contributed by atoms with E-state index in [2.05, 4.69) is 6.07 Å². The average molecular weight is 261 g/mol. The Bertz CT molecular complexity index is 472. The summed E-state index contributed by atoms with van der Waals surface area (Å²) in [7, 11) is 0. The molecule has 1 aliphatic carbocycles. The van der Waals surface area contributed by atoms with E-state index in [0.717, 1.165) is 31.8 Å². The molecule has 0 saturated heterocycles. The van der Waals surface area contributed by atoms with Gasteiger partial charge in [-0.1, -0.05) is 12.1 Å². The van der Waals surface area contributed by atoms with E-state index in [9.17, 15) is 8.78 Å². The summed E-state index contributed by atoms with van der Waals surface area (Å²) in [6.07, 6.45) is 4.11. The van der Waals surface area contributed by atoms with E-state index in [-0.39, 0.29) is 0 Å². The van der Waals surface area contributed by atoms with Crippen LogP contribution in [0, 0.1) is 17.2 Å². The summed E-state index contributed by atoms with van der Waals surface area (Å²) in [6.45, 7) is 0. The molecule has 0 radical (unpaired) electrons. The van der Waals surface area contributed by atoms with Crippen LogP contribution in [-0.4, -0.2) is 0 Å². The molecule has 0 N–H and O–H groups in total. The predicted octanol–water partition coefficient (Wildman–Crippen LogP) is 5.00. The number of allylic oxidation sites excluding steroid dienone is 1. The van der Waals surface area contributed by atoms with Gasteiger partial charge in [-0.25, -0.2) is 0 Å². The zero-order valence-electron chi connectivity index (χ0n) is 10.8. The number of nitriles is 1. The smallest absolute Gasteiger partial charge is 0.192 e. The second-order valence-corrected chi connectivity index (χ2v) is 5.18. The maximum absolute atomic E-state index is 12.0. The maximum atomic E-state index is 12.0. The second-order valence-electron chi connectivity index (χ2n) is 5.18. The Hall–Kier alpha value is -1.69. The first kappa shape index (κ1) is 13.7. The topological polar surface area (TPSA) is 23.8 Å². The van der Waals surface area contributed by atoms with Crippen molar-refractivity contribution >= 4 is 0 Å². The lowest BCUT2D eigenvalue weighted by Gasteiger charge is -2.28. The van der Waals surface area contributed by atoms with Crippen LogP contribution < -0.4 is 0 Å². The highest BCUT2D eigenvalue weighted by molar-refractivity contribution is 5.33. The van der Waals surface area contributed by atoms with Crippen molar-refractivity contribution in [2.75, 3.05) is 0 Å². The fourth-order valence-corrected chi connectivity index (χ4v) is 2.82. The van der Waals surface area contributed by atoms with Gasteiger partial charge in [0.2, 0.25) is 0 Å². The number of hydrogen-bond donors (Lipinski definition) is 0. The minimum absolute atomic E-state index is 0.399. The third kappa shape index (κ3) is 3.89. The Balaban J connectivity index is 1.89. The van der Waals surface area contributed by atoms with Crippen LogP contribution in [0.5, 0.6) is 0 Å². The first-order valence-corrected chi connectivity index (χ1v) is 6.70. The van der Waals surface area contributed by atoms with Crippen LogP contribution in [0.3, 0.4) is 0 Å². The molecule has 0 amide bonds. The highest BCUT2D eigenvalue weighted by atomic mass is 19.3. The van der Waals surface area contributed by atoms with Gasteiger partial charge in [0.25, 0.3) is 6.08 Å². The number of halogens is 2. The van der Waals surface area contributed by atoms with Gasteiger partial charge < -0.3 is 0 Å². The molecule has 0 spiro atoms. The third-order valence-corrected chi connectivity index (χ3v) is 3.96. The van der Waals surface area contributed by atoms with E-state index in [4.69, 9.17) is 5.26 Å². The number of rotatable bonds is 3. The van der Waals surface area contributed by atoms with Crippen LogP contribution >= 0.6 is 0 Å². The van der Waals surface area contributed by atoms with Gasteiger partial charge in [0.05, 0.1) is 11.6 Å². The second kappa shape index (κ2) is 6.47. The van der Waals surface area contributed by atoms with Crippen molar-refractivity contribution in [2.24, 2.45) is 5.92 Å². The zero-order chi connectivity index (χ0) is 13.7. The van der Waals surface area contributed by atoms with Crippen molar-refractivity contribution in [3.05, 3.63) is 47.5 Å². The van der Waals surface area contributed by atoms with Gasteiger partial charge in [-0.3, -0.25) is 0 Å². The van der Waals surface area contributed by atoms with Crippen molar-refractivity contribution in [2.45, 2.75) is 38.0 Å². The molecule has 0 unspecified atom stereocenters. The van der Waals surface area contributed by atoms with E-state index < -0.39 is 6.08 Å². The SMILES string of the molecule is N#Cc1ccc(C2CCC(CC=C(F)F)CC2)cc1. The lowest BCUT2D eigenvalue weighted by molar-refractivity contribution is 0.322. The Labute approximate surface area is 112 Å². The van der Waals surface area contributed by atoms with E-state index in [1.165, 1.54) is 5.56 Å². The van der Waals surface area contributed by atoms with Crippen LogP contribution in [0.2, 0.25) is 0 Å². The molecule has 1 aromatic carbocycles. The van der Waals surface area contributed by atoms with E-state index >= 15 is 0 Å². The quantitative estimate of drug-likeness (QED) is 0.750. The Morgan fingerprint density at radius 3 is 2.32 bits per heavy atom. The van der Waals surface area contributed by atoms with Gasteiger partial charge in [0.1, 0.15) is 0 Å². The minimum Gasteiger partial charge on any atom is -0.192 e. The fourth-order valence-electron chi connectivity index (χ4n) is 2.82. The van der Waals surface area contributed by atoms with E-state index in [1.807, 2.05) is 24.3 Å². The molecule has 1 aliphatic rings. The zero-order valence-corrected chi connectivity index (χ0v) is 10.8. The molecule has 2 rings (SSSR count). The summed E-state index contributed by atoms with van der Waals surface area (Å²) < 4.78 is 24.1. The molecule has 19 heavy (non-hydrogen) atoms. The van der Waals surface area contributed by atoms with Crippen LogP contribution in [0.4, 0.5) is 8.78 Å². The molecule has 100 valence electrons. The lowest BCUT2D eigenvalue weighted by atomic mass is 9.77. The van der Waals surface area contributed by atoms with E-state index in [0.29, 0.717) is 23.8 Å². The molecule has 0 bridgehead atoms. The average Bonchev–Trinajstić information content (AvgIpc) is 2.46. The monoisotopic (exact) mass is 261 g/mol. The summed E-state index contributed by atoms with van der Waals surface area (Å²) in [5, 5.41) is 8.76. The molecule has 0 atom stereocenters. The largest absolute Gasteiger partial charge is 0.266 e. The number of benzene rings is 1. The summed E-state index contributed by atoms with van der Waals surface area (Å²) in [5.74, 6) is 0.916. The fraction of sp³-hybridized carbons (Fsp3) is 0.438. The van der Waals surface area contributed by atoms with Crippen LogP contribution in [0.15, 0.2) is 36.4 Å². The highest BCUT2D eigenvalue weighted by Gasteiger charge is 2.21. The third-order valence-electron chi connectivity index (χ3n) is 3.96. The Morgan fingerprint density at radius 1 is 1.16 bits per heavy atom. The van der Waals surface area contributed by atoms with Gasteiger partial charge in [0.15, 0.2) is 0 Å². The molecular weight excluding hydrogens is 244 g/mol. The minimum atomic E-state index is -1.56. The molecule has 1 saturated carbocycles. The summed E-state index contributed by atoms with van der Waals surface area (Å²) in [6, 6.07) is 9.85. The molecule has 0 aliphatic heterocycles. The molecule has 3 heteroatoms. The number of hydrogen-bond acceptors (Lipinski definition) is 1. The van der Waals surface area contributed by atoms with Gasteiger partial charge in [-0.2, -0.15) is 14.0 Å². The van der Waals surface area contributed by atoms with Crippen LogP contribution in [-0.2, 0) is 0 Å². The normalized spacial score (nSPS) is 22.6. The first-order valence-electron chi connectivity index (χ1n) is 6.70.